The molecule has 0 unspecified atom stereocenters. The smallest absolute Gasteiger partial charge is 0.240 e. The lowest BCUT2D eigenvalue weighted by Gasteiger charge is -2.28. The van der Waals surface area contributed by atoms with E-state index in [1.165, 1.54) is 18.2 Å². The van der Waals surface area contributed by atoms with Crippen molar-refractivity contribution in [3.8, 4) is 5.69 Å². The summed E-state index contributed by atoms with van der Waals surface area (Å²) in [7, 11) is 3.58. The van der Waals surface area contributed by atoms with Gasteiger partial charge in [-0.05, 0) is 37.0 Å². The lowest BCUT2D eigenvalue weighted by molar-refractivity contribution is -0.128. The largest absolute Gasteiger partial charge is 0.348 e. The summed E-state index contributed by atoms with van der Waals surface area (Å²) in [5.74, 6) is 0.890. The molecule has 0 saturated carbocycles. The molecule has 1 aliphatic heterocycles. The fourth-order valence-electron chi connectivity index (χ4n) is 3.67. The van der Waals surface area contributed by atoms with Crippen molar-refractivity contribution < 1.29 is 4.79 Å². The number of piperidine rings is 1. The first-order chi connectivity index (χ1) is 14.6. The van der Waals surface area contributed by atoms with Crippen LogP contribution >= 0.6 is 11.8 Å². The normalized spacial score (nSPS) is 15.1. The molecule has 0 bridgehead atoms. The lowest BCUT2D eigenvalue weighted by atomic mass is 10.1. The van der Waals surface area contributed by atoms with Gasteiger partial charge in [-0.2, -0.15) is 0 Å². The Bertz CT molecular complexity index is 968. The van der Waals surface area contributed by atoms with Gasteiger partial charge in [-0.15, -0.1) is 10.2 Å². The molecule has 4 rings (SSSR count). The fourth-order valence-corrected chi connectivity index (χ4v) is 4.87. The molecule has 0 radical (unpaired) electrons. The Morgan fingerprint density at radius 1 is 0.933 bits per heavy atom. The molecular weight excluding hydrogens is 394 g/mol. The van der Waals surface area contributed by atoms with Crippen LogP contribution < -0.4 is 4.90 Å². The Labute approximate surface area is 181 Å². The fraction of sp³-hybridized carbons (Fsp3) is 0.348. The molecular formula is C23H27N5OS. The van der Waals surface area contributed by atoms with Gasteiger partial charge in [0.05, 0.1) is 5.69 Å². The number of aromatic nitrogens is 3. The first kappa shape index (κ1) is 20.5. The molecule has 2 aromatic carbocycles. The van der Waals surface area contributed by atoms with Gasteiger partial charge in [0, 0.05) is 27.2 Å². The Morgan fingerprint density at radius 2 is 1.57 bits per heavy atom. The third kappa shape index (κ3) is 4.36. The third-order valence-electron chi connectivity index (χ3n) is 5.26. The third-order valence-corrected chi connectivity index (χ3v) is 6.44. The molecule has 0 aliphatic carbocycles. The van der Waals surface area contributed by atoms with Crippen LogP contribution in [0.3, 0.4) is 0 Å². The predicted molar refractivity (Wildman–Crippen MR) is 121 cm³/mol. The topological polar surface area (TPSA) is 54.3 Å². The van der Waals surface area contributed by atoms with Gasteiger partial charge < -0.3 is 9.80 Å². The molecule has 30 heavy (non-hydrogen) atoms. The number of anilines is 1. The van der Waals surface area contributed by atoms with Gasteiger partial charge in [-0.25, -0.2) is 0 Å². The summed E-state index contributed by atoms with van der Waals surface area (Å²) in [6, 6.07) is 20.0. The minimum atomic E-state index is -0.387. The maximum atomic E-state index is 13.0. The van der Waals surface area contributed by atoms with Crippen LogP contribution in [-0.4, -0.2) is 52.8 Å². The first-order valence-corrected chi connectivity index (χ1v) is 11.2. The Morgan fingerprint density at radius 3 is 2.20 bits per heavy atom. The van der Waals surface area contributed by atoms with Gasteiger partial charge in [-0.3, -0.25) is 9.36 Å². The van der Waals surface area contributed by atoms with Gasteiger partial charge >= 0.3 is 0 Å². The van der Waals surface area contributed by atoms with E-state index < -0.39 is 0 Å². The Hall–Kier alpha value is -2.80. The van der Waals surface area contributed by atoms with Crippen molar-refractivity contribution in [1.29, 1.82) is 0 Å². The molecule has 156 valence electrons. The van der Waals surface area contributed by atoms with Crippen LogP contribution in [0.1, 0.15) is 30.1 Å². The van der Waals surface area contributed by atoms with Crippen LogP contribution in [0.15, 0.2) is 65.8 Å². The highest BCUT2D eigenvalue weighted by atomic mass is 32.2. The first-order valence-electron chi connectivity index (χ1n) is 10.3. The number of carbonyl (C=O) groups is 1. The van der Waals surface area contributed by atoms with E-state index in [-0.39, 0.29) is 11.2 Å². The van der Waals surface area contributed by atoms with Gasteiger partial charge in [0.15, 0.2) is 5.16 Å². The zero-order valence-corrected chi connectivity index (χ0v) is 18.3. The highest BCUT2D eigenvalue weighted by Gasteiger charge is 2.28. The second-order valence-electron chi connectivity index (χ2n) is 7.64. The standard InChI is InChI=1S/C23H27N5OS/c1-26(2)21(29)20(18-12-6-3-7-13-18)30-23-25-24-22(27-16-10-5-11-17-27)28(23)19-14-8-4-9-15-19/h3-4,6-9,12-15,20H,5,10-11,16-17H2,1-2H3/t20-/m1/s1. The molecule has 1 aromatic heterocycles. The molecule has 1 atom stereocenters. The Kier molecular flexibility index (Phi) is 6.38. The van der Waals surface area contributed by atoms with Crippen LogP contribution in [0.4, 0.5) is 5.95 Å². The zero-order chi connectivity index (χ0) is 20.9. The van der Waals surface area contributed by atoms with Gasteiger partial charge in [0.2, 0.25) is 11.9 Å². The second kappa shape index (κ2) is 9.34. The Balaban J connectivity index is 1.75. The maximum Gasteiger partial charge on any atom is 0.240 e. The summed E-state index contributed by atoms with van der Waals surface area (Å²) in [6.45, 7) is 1.96. The lowest BCUT2D eigenvalue weighted by Crippen LogP contribution is -2.31. The molecule has 0 N–H and O–H groups in total. The predicted octanol–water partition coefficient (Wildman–Crippen LogP) is 4.18. The van der Waals surface area contributed by atoms with Gasteiger partial charge in [0.1, 0.15) is 5.25 Å². The van der Waals surface area contributed by atoms with Crippen LogP contribution in [0.5, 0.6) is 0 Å². The van der Waals surface area contributed by atoms with Crippen LogP contribution in [-0.2, 0) is 4.79 Å². The SMILES string of the molecule is CN(C)C(=O)[C@H](Sc1nnc(N2CCCCC2)n1-c1ccccc1)c1ccccc1. The summed E-state index contributed by atoms with van der Waals surface area (Å²) in [5.41, 5.74) is 1.97. The summed E-state index contributed by atoms with van der Waals surface area (Å²) in [5, 5.41) is 9.44. The van der Waals surface area contributed by atoms with Crippen molar-refractivity contribution in [3.05, 3.63) is 66.2 Å². The maximum absolute atomic E-state index is 13.0. The number of nitrogens with zero attached hydrogens (tertiary/aromatic N) is 5. The number of carbonyl (C=O) groups excluding carboxylic acids is 1. The number of rotatable bonds is 6. The monoisotopic (exact) mass is 421 g/mol. The molecule has 0 spiro atoms. The summed E-state index contributed by atoms with van der Waals surface area (Å²) >= 11 is 1.46. The highest BCUT2D eigenvalue weighted by molar-refractivity contribution is 8.00. The molecule has 6 nitrogen and oxygen atoms in total. The van der Waals surface area contributed by atoms with E-state index in [1.807, 2.05) is 48.5 Å². The van der Waals surface area contributed by atoms with Gasteiger partial charge in [-0.1, -0.05) is 60.3 Å². The molecule has 1 aliphatic rings. The molecule has 7 heteroatoms. The van der Waals surface area contributed by atoms with Crippen LogP contribution in [0.2, 0.25) is 0 Å². The number of para-hydroxylation sites is 1. The zero-order valence-electron chi connectivity index (χ0n) is 17.4. The van der Waals surface area contributed by atoms with E-state index in [0.29, 0.717) is 0 Å². The summed E-state index contributed by atoms with van der Waals surface area (Å²) in [6.07, 6.45) is 3.58. The van der Waals surface area contributed by atoms with E-state index in [2.05, 4.69) is 31.8 Å². The molecule has 1 fully saturated rings. The van der Waals surface area contributed by atoms with E-state index in [0.717, 1.165) is 48.3 Å². The number of hydrogen-bond donors (Lipinski definition) is 0. The average Bonchev–Trinajstić information content (AvgIpc) is 3.22. The number of amides is 1. The highest BCUT2D eigenvalue weighted by Crippen LogP contribution is 2.38. The van der Waals surface area contributed by atoms with Crippen LogP contribution in [0.25, 0.3) is 5.69 Å². The van der Waals surface area contributed by atoms with Crippen molar-refractivity contribution in [1.82, 2.24) is 19.7 Å². The average molecular weight is 422 g/mol. The number of hydrogen-bond acceptors (Lipinski definition) is 5. The number of likely N-dealkylation sites (N-methyl/N-ethyl adjacent to an activating group) is 1. The van der Waals surface area contributed by atoms with Crippen LogP contribution in [0, 0.1) is 0 Å². The summed E-state index contributed by atoms with van der Waals surface area (Å²) < 4.78 is 2.09. The van der Waals surface area contributed by atoms with Crippen molar-refractivity contribution in [3.63, 3.8) is 0 Å². The summed E-state index contributed by atoms with van der Waals surface area (Å²) in [4.78, 5) is 17.0. The van der Waals surface area contributed by atoms with E-state index >= 15 is 0 Å². The number of thioether (sulfide) groups is 1. The number of benzene rings is 2. The van der Waals surface area contributed by atoms with Gasteiger partial charge in [0.25, 0.3) is 0 Å². The molecule has 2 heterocycles. The van der Waals surface area contributed by atoms with Crippen molar-refractivity contribution in [2.24, 2.45) is 0 Å². The molecule has 3 aromatic rings. The van der Waals surface area contributed by atoms with Crippen molar-refractivity contribution >= 4 is 23.6 Å². The van der Waals surface area contributed by atoms with E-state index in [9.17, 15) is 4.79 Å². The van der Waals surface area contributed by atoms with Crippen molar-refractivity contribution in [2.45, 2.75) is 29.7 Å². The minimum Gasteiger partial charge on any atom is -0.348 e. The second-order valence-corrected chi connectivity index (χ2v) is 8.71. The molecule has 1 saturated heterocycles. The molecule has 1 amide bonds. The van der Waals surface area contributed by atoms with E-state index in [1.54, 1.807) is 19.0 Å². The van der Waals surface area contributed by atoms with E-state index in [4.69, 9.17) is 0 Å². The van der Waals surface area contributed by atoms with Crippen molar-refractivity contribution in [2.75, 3.05) is 32.1 Å². The quantitative estimate of drug-likeness (QED) is 0.559. The minimum absolute atomic E-state index is 0.0355.